The average molecular weight is 645 g/mol. The first-order valence-electron chi connectivity index (χ1n) is 14.4. The Hall–Kier alpha value is -4.45. The summed E-state index contributed by atoms with van der Waals surface area (Å²) in [5.41, 5.74) is 3.50. The fourth-order valence-corrected chi connectivity index (χ4v) is 6.25. The Bertz CT molecular complexity index is 1590. The van der Waals surface area contributed by atoms with E-state index in [0.717, 1.165) is 0 Å². The quantitative estimate of drug-likeness (QED) is 0.279. The Kier molecular flexibility index (Phi) is 9.57. The number of aliphatic hydroxyl groups excluding tert-OH is 1. The second kappa shape index (κ2) is 12.9. The van der Waals surface area contributed by atoms with Crippen LogP contribution in [0.4, 0.5) is 0 Å². The third-order valence-corrected chi connectivity index (χ3v) is 9.05. The number of phenolic OH excluding ortho intramolecular Hbond substituents is 1. The number of ketones is 2. The highest BCUT2D eigenvalue weighted by Crippen LogP contribution is 2.56. The largest absolute Gasteiger partial charge is 0.507 e. The number of carbonyl (C=O) groups is 4. The van der Waals surface area contributed by atoms with Crippen molar-refractivity contribution in [3.05, 3.63) is 51.7 Å². The molecule has 0 aromatic heterocycles. The highest BCUT2D eigenvalue weighted by Gasteiger charge is 2.61. The molecule has 1 aliphatic carbocycles. The molecule has 45 heavy (non-hydrogen) atoms. The van der Waals surface area contributed by atoms with Crippen molar-refractivity contribution < 1.29 is 48.3 Å². The van der Waals surface area contributed by atoms with Crippen LogP contribution < -0.4 is 30.0 Å². The van der Waals surface area contributed by atoms with E-state index < -0.39 is 59.0 Å². The summed E-state index contributed by atoms with van der Waals surface area (Å²) < 4.78 is 22.2. The summed E-state index contributed by atoms with van der Waals surface area (Å²) in [4.78, 5) is 53.7. The van der Waals surface area contributed by atoms with Crippen LogP contribution in [-0.2, 0) is 14.4 Å². The molecule has 0 bridgehead atoms. The molecule has 1 aliphatic heterocycles. The number of aromatic hydroxyl groups is 1. The normalized spacial score (nSPS) is 21.1. The maximum atomic E-state index is 14.2. The van der Waals surface area contributed by atoms with Crippen molar-refractivity contribution in [2.45, 2.75) is 57.6 Å². The molecule has 0 fully saturated rings. The van der Waals surface area contributed by atoms with E-state index in [1.165, 1.54) is 45.6 Å². The molecule has 242 valence electrons. The fraction of sp³-hybridized carbons (Fsp3) is 0.438. The SMILES string of the molecule is CC[C@H](C)[C@H](NC(=O)CC(C1=C(O)[C@@]2(Oc3c(Cl)c(OC)cc(OC)c3C2=O)[C@H](C)CC1=O)c1ccc(O)c(OC)c1)C(N)=O. The first-order valence-corrected chi connectivity index (χ1v) is 14.8. The summed E-state index contributed by atoms with van der Waals surface area (Å²) in [5, 5.41) is 24.9. The second-order valence-corrected chi connectivity index (χ2v) is 11.7. The summed E-state index contributed by atoms with van der Waals surface area (Å²) in [6.45, 7) is 5.19. The maximum absolute atomic E-state index is 14.2. The summed E-state index contributed by atoms with van der Waals surface area (Å²) in [7, 11) is 4.06. The van der Waals surface area contributed by atoms with Gasteiger partial charge in [0.05, 0.1) is 21.3 Å². The maximum Gasteiger partial charge on any atom is 0.240 e. The van der Waals surface area contributed by atoms with Gasteiger partial charge in [-0.25, -0.2) is 0 Å². The number of aliphatic hydroxyl groups is 1. The van der Waals surface area contributed by atoms with Gasteiger partial charge in [-0.1, -0.05) is 44.9 Å². The minimum absolute atomic E-state index is 0.0290. The molecule has 2 aromatic rings. The smallest absolute Gasteiger partial charge is 0.240 e. The Morgan fingerprint density at radius 2 is 1.76 bits per heavy atom. The number of benzene rings is 2. The molecule has 2 amide bonds. The van der Waals surface area contributed by atoms with Gasteiger partial charge < -0.3 is 40.2 Å². The number of phenols is 1. The number of allylic oxidation sites excluding steroid dienone is 1. The van der Waals surface area contributed by atoms with Gasteiger partial charge in [-0.3, -0.25) is 19.2 Å². The van der Waals surface area contributed by atoms with Crippen molar-refractivity contribution in [3.8, 4) is 28.7 Å². The number of amides is 2. The molecule has 1 unspecified atom stereocenters. The van der Waals surface area contributed by atoms with Crippen LogP contribution in [0.1, 0.15) is 61.9 Å². The number of carbonyl (C=O) groups excluding carboxylic acids is 4. The molecule has 13 heteroatoms. The van der Waals surface area contributed by atoms with Gasteiger partial charge in [0.15, 0.2) is 28.8 Å². The van der Waals surface area contributed by atoms with Gasteiger partial charge >= 0.3 is 0 Å². The van der Waals surface area contributed by atoms with E-state index in [9.17, 15) is 29.4 Å². The van der Waals surface area contributed by atoms with Crippen molar-refractivity contribution in [3.63, 3.8) is 0 Å². The number of primary amides is 1. The number of methoxy groups -OCH3 is 3. The van der Waals surface area contributed by atoms with E-state index in [1.54, 1.807) is 13.8 Å². The molecule has 12 nitrogen and oxygen atoms in total. The number of hydrogen-bond donors (Lipinski definition) is 4. The summed E-state index contributed by atoms with van der Waals surface area (Å²) in [6.07, 6.45) is -0.128. The van der Waals surface area contributed by atoms with E-state index in [-0.39, 0.29) is 57.2 Å². The van der Waals surface area contributed by atoms with Crippen molar-refractivity contribution in [1.82, 2.24) is 5.32 Å². The summed E-state index contributed by atoms with van der Waals surface area (Å²) in [6, 6.07) is 4.63. The lowest BCUT2D eigenvalue weighted by Crippen LogP contribution is -2.53. The molecule has 1 heterocycles. The molecule has 0 radical (unpaired) electrons. The first-order chi connectivity index (χ1) is 21.3. The lowest BCUT2D eigenvalue weighted by molar-refractivity contribution is -0.128. The Balaban J connectivity index is 1.91. The number of ether oxygens (including phenoxy) is 4. The van der Waals surface area contributed by atoms with Gasteiger partial charge in [0.25, 0.3) is 0 Å². The zero-order valence-corrected chi connectivity index (χ0v) is 26.6. The summed E-state index contributed by atoms with van der Waals surface area (Å²) in [5.74, 6) is -5.60. The Morgan fingerprint density at radius 1 is 1.11 bits per heavy atom. The number of rotatable bonds is 11. The van der Waals surface area contributed by atoms with E-state index in [2.05, 4.69) is 5.32 Å². The second-order valence-electron chi connectivity index (χ2n) is 11.3. The van der Waals surface area contributed by atoms with E-state index in [1.807, 2.05) is 6.92 Å². The molecule has 5 atom stereocenters. The Morgan fingerprint density at radius 3 is 2.33 bits per heavy atom. The van der Waals surface area contributed by atoms with Crippen LogP contribution in [0.3, 0.4) is 0 Å². The van der Waals surface area contributed by atoms with Gasteiger partial charge in [0, 0.05) is 36.3 Å². The van der Waals surface area contributed by atoms with Crippen LogP contribution in [0.25, 0.3) is 0 Å². The molecule has 0 saturated carbocycles. The first kappa shape index (κ1) is 33.4. The molecule has 5 N–H and O–H groups in total. The fourth-order valence-electron chi connectivity index (χ4n) is 5.98. The molecule has 1 spiro atoms. The van der Waals surface area contributed by atoms with Crippen molar-refractivity contribution in [1.29, 1.82) is 0 Å². The van der Waals surface area contributed by atoms with Crippen LogP contribution in [0.2, 0.25) is 5.02 Å². The molecule has 2 aliphatic rings. The molecule has 2 aromatic carbocycles. The topological polar surface area (TPSA) is 184 Å². The third-order valence-electron chi connectivity index (χ3n) is 8.69. The van der Waals surface area contributed by atoms with Crippen LogP contribution >= 0.6 is 11.6 Å². The predicted molar refractivity (Wildman–Crippen MR) is 163 cm³/mol. The van der Waals surface area contributed by atoms with Crippen LogP contribution in [0, 0.1) is 11.8 Å². The third kappa shape index (κ3) is 5.63. The predicted octanol–water partition coefficient (Wildman–Crippen LogP) is 4.00. The zero-order valence-electron chi connectivity index (χ0n) is 25.9. The van der Waals surface area contributed by atoms with Crippen molar-refractivity contribution in [2.75, 3.05) is 21.3 Å². The molecule has 0 saturated heterocycles. The number of hydrogen-bond acceptors (Lipinski definition) is 10. The molecule has 4 rings (SSSR count). The lowest BCUT2D eigenvalue weighted by atomic mass is 9.69. The number of nitrogens with one attached hydrogen (secondary N) is 1. The van der Waals surface area contributed by atoms with Crippen LogP contribution in [-0.4, -0.2) is 66.6 Å². The van der Waals surface area contributed by atoms with Crippen LogP contribution in [0.15, 0.2) is 35.6 Å². The van der Waals surface area contributed by atoms with Gasteiger partial charge in [-0.05, 0) is 23.6 Å². The minimum Gasteiger partial charge on any atom is -0.507 e. The standard InChI is InChI=1S/C32H37ClN2O10/c1-7-14(2)27(31(34)41)35-23(38)12-17(16-8-9-18(36)20(11-16)42-4)24-19(37)10-15(3)32(29(24)39)30(40)25-21(43-5)13-22(44-6)26(33)28(25)45-32/h8-9,11,13-15,17,27,36,39H,7,10,12H2,1-6H3,(H2,34,41)(H,35,38)/t14-,15+,17?,27-,32-/m0/s1. The lowest BCUT2D eigenvalue weighted by Gasteiger charge is -2.38. The van der Waals surface area contributed by atoms with Gasteiger partial charge in [-0.2, -0.15) is 0 Å². The van der Waals surface area contributed by atoms with Gasteiger partial charge in [0.2, 0.25) is 23.2 Å². The van der Waals surface area contributed by atoms with E-state index >= 15 is 0 Å². The average Bonchev–Trinajstić information content (AvgIpc) is 3.33. The minimum atomic E-state index is -2.09. The van der Waals surface area contributed by atoms with Gasteiger partial charge in [0.1, 0.15) is 28.1 Å². The highest BCUT2D eigenvalue weighted by atomic mass is 35.5. The van der Waals surface area contributed by atoms with Crippen LogP contribution in [0.5, 0.6) is 28.7 Å². The van der Waals surface area contributed by atoms with E-state index in [4.69, 9.17) is 36.3 Å². The monoisotopic (exact) mass is 644 g/mol. The number of halogens is 1. The van der Waals surface area contributed by atoms with Gasteiger partial charge in [-0.15, -0.1) is 0 Å². The van der Waals surface area contributed by atoms with Crippen molar-refractivity contribution in [2.24, 2.45) is 17.6 Å². The van der Waals surface area contributed by atoms with Crippen molar-refractivity contribution >= 4 is 35.0 Å². The number of fused-ring (bicyclic) bond motifs is 1. The number of Topliss-reactive ketones (excluding diaryl/α,β-unsaturated/α-hetero) is 2. The molecular formula is C32H37ClN2O10. The molecular weight excluding hydrogens is 608 g/mol. The number of nitrogens with two attached hydrogens (primary N) is 1. The summed E-state index contributed by atoms with van der Waals surface area (Å²) >= 11 is 6.55. The Labute approximate surface area is 265 Å². The highest BCUT2D eigenvalue weighted by molar-refractivity contribution is 6.35. The van der Waals surface area contributed by atoms with E-state index in [0.29, 0.717) is 12.0 Å². The zero-order chi connectivity index (χ0) is 33.4.